The van der Waals surface area contributed by atoms with Gasteiger partial charge in [-0.05, 0) is 30.2 Å². The molecule has 0 saturated carbocycles. The fraction of sp³-hybridized carbons (Fsp3) is 0.385. The smallest absolute Gasteiger partial charge is 0.338 e. The van der Waals surface area contributed by atoms with Gasteiger partial charge in [0.2, 0.25) is 0 Å². The zero-order chi connectivity index (χ0) is 13.5. The first-order valence-corrected chi connectivity index (χ1v) is 6.71. The highest BCUT2D eigenvalue weighted by molar-refractivity contribution is 9.09. The third kappa shape index (κ3) is 4.23. The number of Topliss-reactive ketones (excluding diaryl/α,β-unsaturated/α-hetero) is 1. The Hall–Kier alpha value is -1.20. The molecule has 0 aliphatic rings. The fourth-order valence-electron chi connectivity index (χ4n) is 1.56. The molecule has 0 aromatic heterocycles. The maximum atomic E-state index is 11.6. The molecule has 1 aromatic carbocycles. The molecule has 0 unspecified atom stereocenters. The number of ether oxygens (including phenoxy) is 1. The van der Waals surface area contributed by atoms with E-state index in [1.807, 2.05) is 0 Å². The van der Waals surface area contributed by atoms with E-state index in [1.165, 1.54) is 0 Å². The maximum Gasteiger partial charge on any atom is 0.338 e. The van der Waals surface area contributed by atoms with Crippen LogP contribution in [0.5, 0.6) is 0 Å². The van der Waals surface area contributed by atoms with Gasteiger partial charge in [0.25, 0.3) is 0 Å². The molecule has 0 radical (unpaired) electrons. The summed E-state index contributed by atoms with van der Waals surface area (Å²) >= 11 is 3.09. The van der Waals surface area contributed by atoms with Gasteiger partial charge in [-0.3, -0.25) is 4.79 Å². The third-order valence-electron chi connectivity index (χ3n) is 2.30. The molecule has 98 valence electrons. The largest absolute Gasteiger partial charge is 0.462 e. The van der Waals surface area contributed by atoms with Crippen molar-refractivity contribution in [2.24, 2.45) is 0 Å². The van der Waals surface area contributed by atoms with E-state index >= 15 is 0 Å². The minimum absolute atomic E-state index is 0.0138. The number of hydrogen-bond donors (Lipinski definition) is 1. The molecule has 0 spiro atoms. The van der Waals surface area contributed by atoms with E-state index in [-0.39, 0.29) is 30.7 Å². The van der Waals surface area contributed by atoms with E-state index in [2.05, 4.69) is 15.9 Å². The van der Waals surface area contributed by atoms with Crippen molar-refractivity contribution in [2.75, 3.05) is 11.9 Å². The number of halogens is 1. The maximum absolute atomic E-state index is 11.6. The lowest BCUT2D eigenvalue weighted by atomic mass is 10.0. The Labute approximate surface area is 114 Å². The quantitative estimate of drug-likeness (QED) is 0.643. The number of carbonyl (C=O) groups is 2. The van der Waals surface area contributed by atoms with E-state index < -0.39 is 5.97 Å². The first-order chi connectivity index (χ1) is 8.60. The lowest BCUT2D eigenvalue weighted by Gasteiger charge is -2.07. The summed E-state index contributed by atoms with van der Waals surface area (Å²) in [6.07, 6.45) is 0.228. The molecule has 0 amide bonds. The van der Waals surface area contributed by atoms with Crippen LogP contribution in [0.2, 0.25) is 0 Å². The lowest BCUT2D eigenvalue weighted by molar-refractivity contribution is -0.115. The van der Waals surface area contributed by atoms with Crippen LogP contribution >= 0.6 is 15.9 Å². The van der Waals surface area contributed by atoms with Gasteiger partial charge in [-0.15, -0.1) is 0 Å². The summed E-state index contributed by atoms with van der Waals surface area (Å²) in [6.45, 7) is 1.84. The molecule has 0 atom stereocenters. The van der Waals surface area contributed by atoms with E-state index in [0.29, 0.717) is 16.7 Å². The van der Waals surface area contributed by atoms with Crippen LogP contribution < -0.4 is 0 Å². The third-order valence-corrected chi connectivity index (χ3v) is 2.92. The highest BCUT2D eigenvalue weighted by atomic mass is 79.9. The molecule has 0 saturated heterocycles. The zero-order valence-corrected chi connectivity index (χ0v) is 11.7. The van der Waals surface area contributed by atoms with Crippen molar-refractivity contribution >= 4 is 27.7 Å². The first kappa shape index (κ1) is 14.9. The molecule has 1 aromatic rings. The number of esters is 1. The highest BCUT2D eigenvalue weighted by Gasteiger charge is 2.11. The summed E-state index contributed by atoms with van der Waals surface area (Å²) in [6, 6.07) is 4.90. The number of aliphatic hydroxyl groups excluding tert-OH is 1. The van der Waals surface area contributed by atoms with Gasteiger partial charge >= 0.3 is 5.97 Å². The molecule has 1 N–H and O–H groups in total. The molecule has 0 aliphatic heterocycles. The summed E-state index contributed by atoms with van der Waals surface area (Å²) in [5.74, 6) is -0.430. The molecule has 1 rings (SSSR count). The van der Waals surface area contributed by atoms with Crippen LogP contribution in [-0.4, -0.2) is 28.8 Å². The summed E-state index contributed by atoms with van der Waals surface area (Å²) in [7, 11) is 0. The Morgan fingerprint density at radius 2 is 1.94 bits per heavy atom. The minimum atomic E-state index is -0.444. The van der Waals surface area contributed by atoms with Gasteiger partial charge in [-0.1, -0.05) is 22.0 Å². The molecule has 0 heterocycles. The minimum Gasteiger partial charge on any atom is -0.462 e. The first-order valence-electron chi connectivity index (χ1n) is 5.59. The summed E-state index contributed by atoms with van der Waals surface area (Å²) in [5.41, 5.74) is 1.66. The number of ketones is 1. The Bertz CT molecular complexity index is 443. The number of aliphatic hydroxyl groups is 1. The number of benzene rings is 1. The van der Waals surface area contributed by atoms with Gasteiger partial charge in [-0.2, -0.15) is 0 Å². The molecule has 0 bridgehead atoms. The second-order valence-corrected chi connectivity index (χ2v) is 4.33. The van der Waals surface area contributed by atoms with Gasteiger partial charge in [0.05, 0.1) is 24.1 Å². The van der Waals surface area contributed by atoms with Gasteiger partial charge in [0.1, 0.15) is 5.78 Å². The molecule has 18 heavy (non-hydrogen) atoms. The van der Waals surface area contributed by atoms with Crippen molar-refractivity contribution < 1.29 is 19.4 Å². The highest BCUT2D eigenvalue weighted by Crippen LogP contribution is 2.13. The second kappa shape index (κ2) is 7.28. The molecular formula is C13H15BrO4. The monoisotopic (exact) mass is 314 g/mol. The normalized spacial score (nSPS) is 10.2. The molecule has 4 nitrogen and oxygen atoms in total. The van der Waals surface area contributed by atoms with E-state index in [0.717, 1.165) is 0 Å². The van der Waals surface area contributed by atoms with E-state index in [4.69, 9.17) is 9.84 Å². The van der Waals surface area contributed by atoms with Gasteiger partial charge in [0, 0.05) is 6.42 Å². The lowest BCUT2D eigenvalue weighted by Crippen LogP contribution is -2.09. The Morgan fingerprint density at radius 1 is 1.28 bits per heavy atom. The zero-order valence-electron chi connectivity index (χ0n) is 10.1. The number of hydrogen-bond acceptors (Lipinski definition) is 4. The van der Waals surface area contributed by atoms with Crippen molar-refractivity contribution in [3.8, 4) is 0 Å². The standard InChI is InChI=1S/C13H15BrO4/c1-2-18-13(17)11-4-9(6-12(16)7-14)3-10(5-11)8-15/h3-5,15H,2,6-8H2,1H3. The topological polar surface area (TPSA) is 63.6 Å². The molecular weight excluding hydrogens is 300 g/mol. The number of rotatable bonds is 6. The number of carbonyl (C=O) groups excluding carboxylic acids is 2. The van der Waals surface area contributed by atoms with Crippen molar-refractivity contribution in [2.45, 2.75) is 20.0 Å². The Balaban J connectivity index is 3.01. The average molecular weight is 315 g/mol. The van der Waals surface area contributed by atoms with Crippen LogP contribution in [0.15, 0.2) is 18.2 Å². The van der Waals surface area contributed by atoms with Crippen LogP contribution in [0, 0.1) is 0 Å². The summed E-state index contributed by atoms with van der Waals surface area (Å²) in [4.78, 5) is 23.0. The van der Waals surface area contributed by atoms with Crippen molar-refractivity contribution in [3.05, 3.63) is 34.9 Å². The molecule has 0 aliphatic carbocycles. The van der Waals surface area contributed by atoms with Gasteiger partial charge < -0.3 is 9.84 Å². The van der Waals surface area contributed by atoms with Crippen LogP contribution in [0.1, 0.15) is 28.4 Å². The van der Waals surface area contributed by atoms with E-state index in [1.54, 1.807) is 25.1 Å². The van der Waals surface area contributed by atoms with Crippen molar-refractivity contribution in [1.29, 1.82) is 0 Å². The van der Waals surface area contributed by atoms with Crippen LogP contribution in [0.3, 0.4) is 0 Å². The molecule has 0 fully saturated rings. The van der Waals surface area contributed by atoms with E-state index in [9.17, 15) is 9.59 Å². The molecule has 5 heteroatoms. The Kier molecular flexibility index (Phi) is 6.01. The van der Waals surface area contributed by atoms with Gasteiger partial charge in [-0.25, -0.2) is 4.79 Å². The van der Waals surface area contributed by atoms with Crippen molar-refractivity contribution in [3.63, 3.8) is 0 Å². The average Bonchev–Trinajstić information content (AvgIpc) is 2.38. The van der Waals surface area contributed by atoms with Crippen LogP contribution in [-0.2, 0) is 22.6 Å². The van der Waals surface area contributed by atoms with Crippen LogP contribution in [0.25, 0.3) is 0 Å². The predicted octanol–water partition coefficient (Wildman–Crippen LogP) is 1.86. The van der Waals surface area contributed by atoms with Gasteiger partial charge in [0.15, 0.2) is 0 Å². The fourth-order valence-corrected chi connectivity index (χ4v) is 1.76. The van der Waals surface area contributed by atoms with Crippen LogP contribution in [0.4, 0.5) is 0 Å². The second-order valence-electron chi connectivity index (χ2n) is 3.77. The van der Waals surface area contributed by atoms with Crippen molar-refractivity contribution in [1.82, 2.24) is 0 Å². The number of alkyl halides is 1. The summed E-state index contributed by atoms with van der Waals surface area (Å²) < 4.78 is 4.90. The Morgan fingerprint density at radius 3 is 2.50 bits per heavy atom. The summed E-state index contributed by atoms with van der Waals surface area (Å²) in [5, 5.41) is 9.41. The SMILES string of the molecule is CCOC(=O)c1cc(CO)cc(CC(=O)CBr)c1. The predicted molar refractivity (Wildman–Crippen MR) is 70.8 cm³/mol.